The fraction of sp³-hybridized carbons (Fsp3) is 1.00. The predicted molar refractivity (Wildman–Crippen MR) is 47.2 cm³/mol. The number of halogens is 1. The zero-order valence-corrected chi connectivity index (χ0v) is 8.99. The molecular weight excluding hydrogens is 223 g/mol. The van der Waals surface area contributed by atoms with Gasteiger partial charge in [0.05, 0.1) is 0 Å². The molecule has 13 heavy (non-hydrogen) atoms. The van der Waals surface area contributed by atoms with Crippen molar-refractivity contribution in [2.45, 2.75) is 47.7 Å². The molecule has 70 valence electrons. The van der Waals surface area contributed by atoms with E-state index in [4.69, 9.17) is 11.6 Å². The van der Waals surface area contributed by atoms with Gasteiger partial charge >= 0.3 is 71.7 Å². The molecule has 10 aliphatic heterocycles. The third-order valence-corrected chi connectivity index (χ3v) is 58.8. The second kappa shape index (κ2) is 0.280. The Labute approximate surface area is 71.7 Å². The molecule has 0 bridgehead atoms. The number of fused-ring (bicyclic) bond motifs is 10. The van der Waals surface area contributed by atoms with Crippen molar-refractivity contribution in [2.75, 3.05) is 5.88 Å². The predicted octanol–water partition coefficient (Wildman–Crippen LogP) is 3.98. The molecule has 0 N–H and O–H groups in total. The first-order chi connectivity index (χ1) is 6.11. The third kappa shape index (κ3) is 0.0318. The van der Waals surface area contributed by atoms with E-state index in [2.05, 4.69) is 0 Å². The number of hydrogen-bond acceptors (Lipinski definition) is 0. The first kappa shape index (κ1) is 4.36. The fourth-order valence-corrected chi connectivity index (χ4v) is 94.0. The molecule has 0 aliphatic carbocycles. The summed E-state index contributed by atoms with van der Waals surface area (Å²) in [5, 5.41) is 0. The van der Waals surface area contributed by atoms with E-state index in [0.29, 0.717) is 0 Å². The Kier molecular flexibility index (Phi) is 0.0940. The molecule has 10 rings (SSSR count). The summed E-state index contributed by atoms with van der Waals surface area (Å²) in [7, 11) is 0. The summed E-state index contributed by atoms with van der Waals surface area (Å²) in [6, 6.07) is 0. The summed E-state index contributed by atoms with van der Waals surface area (Å²) in [5.41, 5.74) is 0. The summed E-state index contributed by atoms with van der Waals surface area (Å²) in [6.45, 7) is -2.63. The van der Waals surface area contributed by atoms with Gasteiger partial charge in [-0.25, -0.2) is 0 Å². The summed E-state index contributed by atoms with van der Waals surface area (Å²) in [4.78, 5) is 13.2. The minimum atomic E-state index is -2.63. The van der Waals surface area contributed by atoms with Crippen LogP contribution in [0, 0.1) is 0 Å². The number of alkyl halides is 1. The average molecular weight is 235 g/mol. The number of rotatable bonds is 1. The Balaban J connectivity index is 2.08. The Morgan fingerprint density at radius 3 is 1.38 bits per heavy atom. The normalized spacial score (nSPS) is 152. The van der Waals surface area contributed by atoms with Crippen LogP contribution in [0.5, 0.6) is 0 Å². The average Bonchev–Trinajstić information content (AvgIpc) is 3.12. The molecule has 1 spiro atoms. The van der Waals surface area contributed by atoms with E-state index in [9.17, 15) is 0 Å². The first-order valence-corrected chi connectivity index (χ1v) is 12.7. The van der Waals surface area contributed by atoms with Gasteiger partial charge in [-0.1, -0.05) is 0 Å². The van der Waals surface area contributed by atoms with Crippen LogP contribution < -0.4 is 0 Å². The Bertz CT molecular complexity index is 770. The molecule has 0 radical (unpaired) electrons. The maximum absolute atomic E-state index is 6.44. The zero-order valence-electron chi connectivity index (χ0n) is 7.13. The van der Waals surface area contributed by atoms with E-state index in [-0.39, 0.29) is 0 Å². The van der Waals surface area contributed by atoms with Crippen molar-refractivity contribution in [2.24, 2.45) is 0 Å². The van der Waals surface area contributed by atoms with E-state index >= 15 is 0 Å². The zero-order chi connectivity index (χ0) is 7.72. The van der Waals surface area contributed by atoms with E-state index in [0.717, 1.165) is 10.2 Å². The van der Waals surface area contributed by atoms with Crippen molar-refractivity contribution >= 4 is 11.6 Å². The van der Waals surface area contributed by atoms with Gasteiger partial charge in [0.15, 0.2) is 0 Å². The summed E-state index contributed by atoms with van der Waals surface area (Å²) >= 11 is 6.44. The van der Waals surface area contributed by atoms with Crippen molar-refractivity contribution in [3.05, 3.63) is 0 Å². The SMILES string of the molecule is ClC[C]12[CH]3[CH]4[CH]5[CH]1[Fe]45321678[CH]2[CH]1[CH]6[CH]7[CH]28. The summed E-state index contributed by atoms with van der Waals surface area (Å²) in [5.74, 6) is 1.15. The summed E-state index contributed by atoms with van der Waals surface area (Å²) in [6.07, 6.45) is 0. The molecule has 0 amide bonds. The van der Waals surface area contributed by atoms with E-state index in [1.54, 1.807) is 0 Å². The van der Waals surface area contributed by atoms with Gasteiger partial charge in [-0.05, 0) is 0 Å². The molecule has 10 fully saturated rings. The maximum atomic E-state index is 6.44. The molecule has 10 aliphatic rings. The van der Waals surface area contributed by atoms with Gasteiger partial charge in [0, 0.05) is 0 Å². The monoisotopic (exact) mass is 234 g/mol. The summed E-state index contributed by atoms with van der Waals surface area (Å²) < 4.78 is 1.00. The second-order valence-corrected chi connectivity index (χ2v) is 33.9. The van der Waals surface area contributed by atoms with Gasteiger partial charge in [0.2, 0.25) is 0 Å². The molecule has 10 heterocycles. The molecule has 0 saturated carbocycles. The van der Waals surface area contributed by atoms with Gasteiger partial charge < -0.3 is 0 Å². The fourth-order valence-electron chi connectivity index (χ4n) is 17.0. The van der Waals surface area contributed by atoms with Crippen LogP contribution in [0.15, 0.2) is 0 Å². The van der Waals surface area contributed by atoms with Crippen LogP contribution in [-0.4, -0.2) is 5.88 Å². The van der Waals surface area contributed by atoms with Gasteiger partial charge in [0.1, 0.15) is 0 Å². The van der Waals surface area contributed by atoms with Crippen molar-refractivity contribution in [1.29, 1.82) is 0 Å². The number of hydrogen-bond donors (Lipinski definition) is 0. The minimum absolute atomic E-state index is 1.00. The van der Waals surface area contributed by atoms with Crippen LogP contribution in [-0.2, 0) is 6.51 Å². The standard InChI is InChI=1S/C6H6Cl.C5H5.Fe/c7-5-6-3-1-2-4-6;1-2-4-5-3-1;/h1-4H,5H2;1-5H;. The molecule has 4 unspecified atom stereocenters. The molecule has 2 heteroatoms. The van der Waals surface area contributed by atoms with Gasteiger partial charge in [-0.2, -0.15) is 0 Å². The molecule has 0 aromatic heterocycles. The van der Waals surface area contributed by atoms with Crippen molar-refractivity contribution < 1.29 is 6.51 Å². The van der Waals surface area contributed by atoms with E-state index < -0.39 is 6.51 Å². The van der Waals surface area contributed by atoms with Crippen LogP contribution in [0.2, 0.25) is 47.7 Å². The van der Waals surface area contributed by atoms with Crippen molar-refractivity contribution in [3.8, 4) is 0 Å². The van der Waals surface area contributed by atoms with Crippen LogP contribution >= 0.6 is 11.6 Å². The first-order valence-electron chi connectivity index (χ1n) is 5.88. The van der Waals surface area contributed by atoms with E-state index in [1.807, 2.05) is 0 Å². The topological polar surface area (TPSA) is 0 Å². The van der Waals surface area contributed by atoms with Crippen molar-refractivity contribution in [1.82, 2.24) is 0 Å². The molecule has 4 atom stereocenters. The third-order valence-electron chi connectivity index (χ3n) is 15.2. The van der Waals surface area contributed by atoms with Gasteiger partial charge in [-0.15, -0.1) is 0 Å². The molecule has 10 saturated heterocycles. The van der Waals surface area contributed by atoms with Crippen LogP contribution in [0.4, 0.5) is 0 Å². The molecule has 0 aromatic rings. The van der Waals surface area contributed by atoms with Crippen molar-refractivity contribution in [3.63, 3.8) is 0 Å². The van der Waals surface area contributed by atoms with Crippen LogP contribution in [0.1, 0.15) is 0 Å². The van der Waals surface area contributed by atoms with Crippen LogP contribution in [0.25, 0.3) is 0 Å². The van der Waals surface area contributed by atoms with Gasteiger partial charge in [-0.3, -0.25) is 0 Å². The van der Waals surface area contributed by atoms with Gasteiger partial charge in [0.25, 0.3) is 0 Å². The molecular formula is C11H11ClFe. The Hall–Kier alpha value is 0.809. The molecule has 0 aromatic carbocycles. The Morgan fingerprint density at radius 1 is 0.846 bits per heavy atom. The molecule has 0 nitrogen and oxygen atoms in total. The van der Waals surface area contributed by atoms with Crippen LogP contribution in [0.3, 0.4) is 0 Å². The quantitative estimate of drug-likeness (QED) is 0.475. The van der Waals surface area contributed by atoms with E-state index in [1.165, 1.54) is 43.3 Å². The Morgan fingerprint density at radius 2 is 1.31 bits per heavy atom. The second-order valence-electron chi connectivity index (χ2n) is 9.97.